The molecule has 0 radical (unpaired) electrons. The number of para-hydroxylation sites is 2. The van der Waals surface area contributed by atoms with Crippen LogP contribution in [0.2, 0.25) is 0 Å². The van der Waals surface area contributed by atoms with Gasteiger partial charge in [0.05, 0.1) is 4.92 Å². The van der Waals surface area contributed by atoms with E-state index in [4.69, 9.17) is 4.74 Å². The SMILES string of the molecule is C[C@@H](Oc1ccc(C(=O)c2ccccc2)cc1)C(=O)Nc1ccccc1[N+](=O)[O-]. The molecule has 0 fully saturated rings. The van der Waals surface area contributed by atoms with Crippen molar-refractivity contribution < 1.29 is 19.2 Å². The van der Waals surface area contributed by atoms with E-state index < -0.39 is 16.9 Å². The van der Waals surface area contributed by atoms with Gasteiger partial charge in [-0.1, -0.05) is 42.5 Å². The number of carbonyl (C=O) groups excluding carboxylic acids is 2. The predicted octanol–water partition coefficient (Wildman–Crippen LogP) is 4.23. The number of nitro benzene ring substituents is 1. The summed E-state index contributed by atoms with van der Waals surface area (Å²) in [5.41, 5.74) is 0.984. The summed E-state index contributed by atoms with van der Waals surface area (Å²) in [7, 11) is 0. The van der Waals surface area contributed by atoms with Crippen molar-refractivity contribution in [2.75, 3.05) is 5.32 Å². The first-order valence-corrected chi connectivity index (χ1v) is 8.86. The fourth-order valence-corrected chi connectivity index (χ4v) is 2.67. The molecular weight excluding hydrogens is 372 g/mol. The summed E-state index contributed by atoms with van der Waals surface area (Å²) in [6.45, 7) is 1.53. The minimum atomic E-state index is -0.898. The number of nitrogens with one attached hydrogen (secondary N) is 1. The molecule has 0 aromatic heterocycles. The predicted molar refractivity (Wildman–Crippen MR) is 108 cm³/mol. The number of ketones is 1. The average molecular weight is 390 g/mol. The molecular formula is C22H18N2O5. The van der Waals surface area contributed by atoms with Crippen LogP contribution in [0.1, 0.15) is 22.8 Å². The molecule has 0 spiro atoms. The van der Waals surface area contributed by atoms with Gasteiger partial charge in [0.15, 0.2) is 11.9 Å². The van der Waals surface area contributed by atoms with Crippen LogP contribution < -0.4 is 10.1 Å². The molecule has 7 nitrogen and oxygen atoms in total. The summed E-state index contributed by atoms with van der Waals surface area (Å²) >= 11 is 0. The highest BCUT2D eigenvalue weighted by molar-refractivity contribution is 6.09. The van der Waals surface area contributed by atoms with Crippen molar-refractivity contribution in [3.05, 3.63) is 100 Å². The largest absolute Gasteiger partial charge is 0.481 e. The molecule has 1 amide bonds. The third-order valence-electron chi connectivity index (χ3n) is 4.19. The molecule has 3 aromatic carbocycles. The van der Waals surface area contributed by atoms with Crippen molar-refractivity contribution in [2.24, 2.45) is 0 Å². The van der Waals surface area contributed by atoms with Crippen LogP contribution in [0.5, 0.6) is 5.75 Å². The maximum atomic E-state index is 12.4. The first-order chi connectivity index (χ1) is 14.0. The van der Waals surface area contributed by atoms with Gasteiger partial charge >= 0.3 is 0 Å². The molecule has 1 N–H and O–H groups in total. The van der Waals surface area contributed by atoms with Crippen LogP contribution in [-0.4, -0.2) is 22.7 Å². The van der Waals surface area contributed by atoms with Crippen LogP contribution in [0.4, 0.5) is 11.4 Å². The Bertz CT molecular complexity index is 1030. The minimum Gasteiger partial charge on any atom is -0.481 e. The van der Waals surface area contributed by atoms with Crippen molar-refractivity contribution in [1.82, 2.24) is 0 Å². The van der Waals surface area contributed by atoms with Crippen molar-refractivity contribution in [3.63, 3.8) is 0 Å². The number of anilines is 1. The average Bonchev–Trinajstić information content (AvgIpc) is 2.74. The Labute approximate surface area is 167 Å². The van der Waals surface area contributed by atoms with Gasteiger partial charge in [0.25, 0.3) is 11.6 Å². The van der Waals surface area contributed by atoms with E-state index in [0.717, 1.165) is 0 Å². The molecule has 0 unspecified atom stereocenters. The number of nitro groups is 1. The smallest absolute Gasteiger partial charge is 0.292 e. The van der Waals surface area contributed by atoms with Gasteiger partial charge < -0.3 is 10.1 Å². The fourth-order valence-electron chi connectivity index (χ4n) is 2.67. The number of carbonyl (C=O) groups is 2. The maximum absolute atomic E-state index is 12.4. The van der Waals surface area contributed by atoms with Gasteiger partial charge in [0, 0.05) is 17.2 Å². The van der Waals surface area contributed by atoms with Crippen molar-refractivity contribution >= 4 is 23.1 Å². The molecule has 0 aliphatic carbocycles. The Balaban J connectivity index is 1.65. The Morgan fingerprint density at radius 1 is 0.897 bits per heavy atom. The van der Waals surface area contributed by atoms with Crippen LogP contribution in [0, 0.1) is 10.1 Å². The molecule has 0 heterocycles. The van der Waals surface area contributed by atoms with E-state index in [2.05, 4.69) is 5.32 Å². The van der Waals surface area contributed by atoms with Gasteiger partial charge in [-0.3, -0.25) is 19.7 Å². The quantitative estimate of drug-likeness (QED) is 0.370. The zero-order valence-electron chi connectivity index (χ0n) is 15.6. The van der Waals surface area contributed by atoms with Crippen LogP contribution >= 0.6 is 0 Å². The zero-order chi connectivity index (χ0) is 20.8. The fraction of sp³-hybridized carbons (Fsp3) is 0.0909. The van der Waals surface area contributed by atoms with Gasteiger partial charge in [-0.05, 0) is 37.3 Å². The second-order valence-electron chi connectivity index (χ2n) is 6.24. The molecule has 0 aliphatic heterocycles. The number of amides is 1. The lowest BCUT2D eigenvalue weighted by atomic mass is 10.0. The van der Waals surface area contributed by atoms with E-state index in [9.17, 15) is 19.7 Å². The Hall–Kier alpha value is -4.00. The molecule has 0 aliphatic rings. The summed E-state index contributed by atoms with van der Waals surface area (Å²) in [6, 6.07) is 21.2. The van der Waals surface area contributed by atoms with Gasteiger partial charge in [0.2, 0.25) is 0 Å². The number of hydrogen-bond donors (Lipinski definition) is 1. The van der Waals surface area contributed by atoms with Crippen LogP contribution in [0.25, 0.3) is 0 Å². The first kappa shape index (κ1) is 19.8. The summed E-state index contributed by atoms with van der Waals surface area (Å²) in [6.07, 6.45) is -0.898. The summed E-state index contributed by atoms with van der Waals surface area (Å²) < 4.78 is 5.60. The highest BCUT2D eigenvalue weighted by Crippen LogP contribution is 2.24. The topological polar surface area (TPSA) is 98.5 Å². The molecule has 0 bridgehead atoms. The third kappa shape index (κ3) is 4.84. The van der Waals surface area contributed by atoms with E-state index in [-0.39, 0.29) is 17.2 Å². The molecule has 29 heavy (non-hydrogen) atoms. The first-order valence-electron chi connectivity index (χ1n) is 8.86. The van der Waals surface area contributed by atoms with Gasteiger partial charge in [-0.15, -0.1) is 0 Å². The summed E-state index contributed by atoms with van der Waals surface area (Å²) in [5, 5.41) is 13.6. The second kappa shape index (κ2) is 8.79. The molecule has 0 saturated heterocycles. The molecule has 1 atom stereocenters. The Morgan fingerprint density at radius 3 is 2.14 bits per heavy atom. The summed E-state index contributed by atoms with van der Waals surface area (Å²) in [5.74, 6) is -0.233. The van der Waals surface area contributed by atoms with Crippen molar-refractivity contribution in [1.29, 1.82) is 0 Å². The molecule has 146 valence electrons. The van der Waals surface area contributed by atoms with E-state index >= 15 is 0 Å². The number of hydrogen-bond acceptors (Lipinski definition) is 5. The van der Waals surface area contributed by atoms with E-state index in [1.807, 2.05) is 6.07 Å². The van der Waals surface area contributed by atoms with Crippen LogP contribution in [-0.2, 0) is 4.79 Å². The molecule has 3 aromatic rings. The zero-order valence-corrected chi connectivity index (χ0v) is 15.6. The van der Waals surface area contributed by atoms with Gasteiger partial charge in [-0.2, -0.15) is 0 Å². The number of rotatable bonds is 7. The van der Waals surface area contributed by atoms with E-state index in [1.54, 1.807) is 54.6 Å². The highest BCUT2D eigenvalue weighted by Gasteiger charge is 2.20. The Kier molecular flexibility index (Phi) is 5.99. The molecule has 3 rings (SSSR count). The Morgan fingerprint density at radius 2 is 1.48 bits per heavy atom. The normalized spacial score (nSPS) is 11.3. The van der Waals surface area contributed by atoms with E-state index in [0.29, 0.717) is 16.9 Å². The monoisotopic (exact) mass is 390 g/mol. The standard InChI is InChI=1S/C22H18N2O5/c1-15(22(26)23-19-9-5-6-10-20(19)24(27)28)29-18-13-11-17(12-14-18)21(25)16-7-3-2-4-8-16/h2-15H,1H3,(H,23,26)/t15-/m1/s1. The van der Waals surface area contributed by atoms with Crippen molar-refractivity contribution in [3.8, 4) is 5.75 Å². The van der Waals surface area contributed by atoms with Crippen LogP contribution in [0.15, 0.2) is 78.9 Å². The summed E-state index contributed by atoms with van der Waals surface area (Å²) in [4.78, 5) is 35.2. The van der Waals surface area contributed by atoms with Crippen LogP contribution in [0.3, 0.4) is 0 Å². The van der Waals surface area contributed by atoms with Gasteiger partial charge in [0.1, 0.15) is 11.4 Å². The lowest BCUT2D eigenvalue weighted by molar-refractivity contribution is -0.383. The van der Waals surface area contributed by atoms with Gasteiger partial charge in [-0.25, -0.2) is 0 Å². The molecule has 7 heteroatoms. The number of benzene rings is 3. The van der Waals surface area contributed by atoms with E-state index in [1.165, 1.54) is 25.1 Å². The second-order valence-corrected chi connectivity index (χ2v) is 6.24. The lowest BCUT2D eigenvalue weighted by Gasteiger charge is -2.15. The van der Waals surface area contributed by atoms with Crippen molar-refractivity contribution in [2.45, 2.75) is 13.0 Å². The number of nitrogens with zero attached hydrogens (tertiary/aromatic N) is 1. The molecule has 0 saturated carbocycles. The number of ether oxygens (including phenoxy) is 1. The third-order valence-corrected chi connectivity index (χ3v) is 4.19. The maximum Gasteiger partial charge on any atom is 0.292 e. The minimum absolute atomic E-state index is 0.0988. The lowest BCUT2D eigenvalue weighted by Crippen LogP contribution is -2.30. The highest BCUT2D eigenvalue weighted by atomic mass is 16.6.